The Morgan fingerprint density at radius 2 is 2.12 bits per heavy atom. The van der Waals surface area contributed by atoms with E-state index in [0.717, 1.165) is 0 Å². The first-order chi connectivity index (χ1) is 11.5. The molecular formula is C17H16FN3O3. The van der Waals surface area contributed by atoms with E-state index in [2.05, 4.69) is 4.98 Å². The number of carbonyl (C=O) groups excluding carboxylic acids is 2. The van der Waals surface area contributed by atoms with E-state index in [1.807, 2.05) is 0 Å². The van der Waals surface area contributed by atoms with Gasteiger partial charge in [-0.3, -0.25) is 9.59 Å². The average molecular weight is 329 g/mol. The Kier molecular flexibility index (Phi) is 4.16. The number of carbonyl (C=O) groups is 2. The lowest BCUT2D eigenvalue weighted by Gasteiger charge is -2.33. The SMILES string of the molecule is COc1ccc2c(n1)C(=O)C(C(N)=O)CN2Cc1ccccc1F. The molecule has 124 valence electrons. The first-order valence-electron chi connectivity index (χ1n) is 7.38. The van der Waals surface area contributed by atoms with Crippen LogP contribution in [0.25, 0.3) is 0 Å². The second-order valence-electron chi connectivity index (χ2n) is 5.51. The van der Waals surface area contributed by atoms with Gasteiger partial charge in [0, 0.05) is 24.7 Å². The van der Waals surface area contributed by atoms with E-state index in [-0.39, 0.29) is 30.5 Å². The fraction of sp³-hybridized carbons (Fsp3) is 0.235. The van der Waals surface area contributed by atoms with Crippen molar-refractivity contribution in [2.24, 2.45) is 11.7 Å². The van der Waals surface area contributed by atoms with Crippen molar-refractivity contribution < 1.29 is 18.7 Å². The maximum Gasteiger partial charge on any atom is 0.230 e. The van der Waals surface area contributed by atoms with Gasteiger partial charge in [0.15, 0.2) is 5.78 Å². The summed E-state index contributed by atoms with van der Waals surface area (Å²) in [6.45, 7) is 0.286. The van der Waals surface area contributed by atoms with Gasteiger partial charge in [-0.2, -0.15) is 0 Å². The number of ketones is 1. The molecule has 3 rings (SSSR count). The molecule has 7 heteroatoms. The molecule has 1 aromatic carbocycles. The monoisotopic (exact) mass is 329 g/mol. The number of halogens is 1. The summed E-state index contributed by atoms with van der Waals surface area (Å²) in [5.41, 5.74) is 6.45. The highest BCUT2D eigenvalue weighted by Crippen LogP contribution is 2.31. The summed E-state index contributed by atoms with van der Waals surface area (Å²) in [5, 5.41) is 0. The minimum absolute atomic E-state index is 0.0868. The molecule has 1 unspecified atom stereocenters. The number of hydrogen-bond donors (Lipinski definition) is 1. The fourth-order valence-electron chi connectivity index (χ4n) is 2.75. The number of aromatic nitrogens is 1. The molecule has 2 aromatic rings. The van der Waals surface area contributed by atoms with Crippen LogP contribution in [-0.4, -0.2) is 30.3 Å². The fourth-order valence-corrected chi connectivity index (χ4v) is 2.75. The summed E-state index contributed by atoms with van der Waals surface area (Å²) in [5.74, 6) is -2.29. The smallest absolute Gasteiger partial charge is 0.230 e. The first-order valence-corrected chi connectivity index (χ1v) is 7.38. The van der Waals surface area contributed by atoms with Crippen LogP contribution in [-0.2, 0) is 11.3 Å². The minimum atomic E-state index is -1.02. The molecule has 0 aliphatic carbocycles. The highest BCUT2D eigenvalue weighted by molar-refractivity contribution is 6.13. The number of fused-ring (bicyclic) bond motifs is 1. The number of benzene rings is 1. The van der Waals surface area contributed by atoms with E-state index >= 15 is 0 Å². The van der Waals surface area contributed by atoms with Crippen LogP contribution in [0.4, 0.5) is 10.1 Å². The highest BCUT2D eigenvalue weighted by Gasteiger charge is 2.37. The first kappa shape index (κ1) is 15.9. The topological polar surface area (TPSA) is 85.5 Å². The maximum absolute atomic E-state index is 14.0. The lowest BCUT2D eigenvalue weighted by molar-refractivity contribution is -0.120. The largest absolute Gasteiger partial charge is 0.481 e. The summed E-state index contributed by atoms with van der Waals surface area (Å²) in [6, 6.07) is 9.64. The number of amides is 1. The molecule has 1 aliphatic heterocycles. The van der Waals surface area contributed by atoms with Gasteiger partial charge in [0.1, 0.15) is 17.4 Å². The molecule has 2 N–H and O–H groups in total. The molecular weight excluding hydrogens is 313 g/mol. The van der Waals surface area contributed by atoms with E-state index in [9.17, 15) is 14.0 Å². The van der Waals surface area contributed by atoms with Crippen molar-refractivity contribution >= 4 is 17.4 Å². The van der Waals surface area contributed by atoms with Crippen molar-refractivity contribution in [2.75, 3.05) is 18.6 Å². The molecule has 0 fully saturated rings. The van der Waals surface area contributed by atoms with Gasteiger partial charge in [-0.15, -0.1) is 0 Å². The lowest BCUT2D eigenvalue weighted by Crippen LogP contribution is -2.45. The number of ether oxygens (including phenoxy) is 1. The zero-order chi connectivity index (χ0) is 17.3. The molecule has 0 saturated heterocycles. The number of pyridine rings is 1. The number of nitrogens with zero attached hydrogens (tertiary/aromatic N) is 2. The van der Waals surface area contributed by atoms with E-state index in [1.165, 1.54) is 13.2 Å². The summed E-state index contributed by atoms with van der Waals surface area (Å²) < 4.78 is 19.0. The van der Waals surface area contributed by atoms with E-state index in [4.69, 9.17) is 10.5 Å². The number of Topliss-reactive ketones (excluding diaryl/α,β-unsaturated/α-hetero) is 1. The zero-order valence-electron chi connectivity index (χ0n) is 13.0. The van der Waals surface area contributed by atoms with Crippen molar-refractivity contribution in [1.29, 1.82) is 0 Å². The predicted molar refractivity (Wildman–Crippen MR) is 85.3 cm³/mol. The molecule has 0 saturated carbocycles. The second kappa shape index (κ2) is 6.27. The van der Waals surface area contributed by atoms with E-state index in [0.29, 0.717) is 11.3 Å². The van der Waals surface area contributed by atoms with Crippen LogP contribution in [0.2, 0.25) is 0 Å². The lowest BCUT2D eigenvalue weighted by atomic mass is 9.93. The van der Waals surface area contributed by atoms with Crippen molar-refractivity contribution in [3.05, 3.63) is 53.5 Å². The third-order valence-corrected chi connectivity index (χ3v) is 4.01. The van der Waals surface area contributed by atoms with Crippen LogP contribution >= 0.6 is 0 Å². The second-order valence-corrected chi connectivity index (χ2v) is 5.51. The quantitative estimate of drug-likeness (QED) is 0.860. The van der Waals surface area contributed by atoms with E-state index < -0.39 is 17.6 Å². The Labute approximate surface area is 138 Å². The average Bonchev–Trinajstić information content (AvgIpc) is 2.58. The Morgan fingerprint density at radius 3 is 2.79 bits per heavy atom. The van der Waals surface area contributed by atoms with Crippen LogP contribution in [0.3, 0.4) is 0 Å². The van der Waals surface area contributed by atoms with E-state index in [1.54, 1.807) is 35.2 Å². The van der Waals surface area contributed by atoms with Crippen molar-refractivity contribution in [3.63, 3.8) is 0 Å². The Balaban J connectivity index is 2.03. The summed E-state index contributed by atoms with van der Waals surface area (Å²) in [4.78, 5) is 30.0. The van der Waals surface area contributed by atoms with Crippen LogP contribution in [0.5, 0.6) is 5.88 Å². The van der Waals surface area contributed by atoms with Gasteiger partial charge in [0.05, 0.1) is 12.8 Å². The van der Waals surface area contributed by atoms with Crippen molar-refractivity contribution in [1.82, 2.24) is 4.98 Å². The van der Waals surface area contributed by atoms with Crippen LogP contribution in [0.15, 0.2) is 36.4 Å². The standard InChI is InChI=1S/C17H16FN3O3/c1-24-14-7-6-13-15(20-14)16(22)11(17(19)23)9-21(13)8-10-4-2-3-5-12(10)18/h2-7,11H,8-9H2,1H3,(H2,19,23). The summed E-state index contributed by atoms with van der Waals surface area (Å²) in [7, 11) is 1.44. The molecule has 0 bridgehead atoms. The van der Waals surface area contributed by atoms with Crippen LogP contribution in [0.1, 0.15) is 16.1 Å². The van der Waals surface area contributed by atoms with Gasteiger partial charge < -0.3 is 15.4 Å². The van der Waals surface area contributed by atoms with Gasteiger partial charge in [-0.1, -0.05) is 18.2 Å². The molecule has 24 heavy (non-hydrogen) atoms. The molecule has 1 amide bonds. The van der Waals surface area contributed by atoms with Gasteiger partial charge in [-0.05, 0) is 12.1 Å². The highest BCUT2D eigenvalue weighted by atomic mass is 19.1. The summed E-state index contributed by atoms with van der Waals surface area (Å²) in [6.07, 6.45) is 0. The third-order valence-electron chi connectivity index (χ3n) is 4.01. The Hall–Kier alpha value is -2.96. The number of rotatable bonds is 4. The number of methoxy groups -OCH3 is 1. The van der Waals surface area contributed by atoms with Gasteiger partial charge >= 0.3 is 0 Å². The Morgan fingerprint density at radius 1 is 1.38 bits per heavy atom. The number of primary amides is 1. The molecule has 1 atom stereocenters. The number of hydrogen-bond acceptors (Lipinski definition) is 5. The molecule has 0 spiro atoms. The molecule has 6 nitrogen and oxygen atoms in total. The van der Waals surface area contributed by atoms with Gasteiger partial charge in [0.2, 0.25) is 11.8 Å². The third kappa shape index (κ3) is 2.80. The van der Waals surface area contributed by atoms with Gasteiger partial charge in [0.25, 0.3) is 0 Å². The zero-order valence-corrected chi connectivity index (χ0v) is 13.0. The molecule has 1 aromatic heterocycles. The van der Waals surface area contributed by atoms with Crippen molar-refractivity contribution in [2.45, 2.75) is 6.54 Å². The van der Waals surface area contributed by atoms with Crippen LogP contribution in [0, 0.1) is 11.7 Å². The maximum atomic E-state index is 14.0. The van der Waals surface area contributed by atoms with Gasteiger partial charge in [-0.25, -0.2) is 9.37 Å². The molecule has 0 radical (unpaired) electrons. The number of anilines is 1. The molecule has 2 heterocycles. The normalized spacial score (nSPS) is 16.7. The summed E-state index contributed by atoms with van der Waals surface area (Å²) >= 11 is 0. The minimum Gasteiger partial charge on any atom is -0.481 e. The molecule has 1 aliphatic rings. The predicted octanol–water partition coefficient (Wildman–Crippen LogP) is 1.53. The number of nitrogens with two attached hydrogens (primary N) is 1. The van der Waals surface area contributed by atoms with Crippen molar-refractivity contribution in [3.8, 4) is 5.88 Å². The Bertz CT molecular complexity index is 809. The van der Waals surface area contributed by atoms with Crippen LogP contribution < -0.4 is 15.4 Å².